The third kappa shape index (κ3) is 9.30. The lowest BCUT2D eigenvalue weighted by atomic mass is 9.97. The highest BCUT2D eigenvalue weighted by Gasteiger charge is 2.11. The third-order valence-corrected chi connectivity index (χ3v) is 7.17. The van der Waals surface area contributed by atoms with Gasteiger partial charge in [0, 0.05) is 28.1 Å². The molecule has 4 aromatic rings. The van der Waals surface area contributed by atoms with Gasteiger partial charge in [-0.25, -0.2) is 0 Å². The first-order valence-corrected chi connectivity index (χ1v) is 15.3. The molecule has 0 aliphatic heterocycles. The van der Waals surface area contributed by atoms with Crippen LogP contribution in [0.5, 0.6) is 11.5 Å². The molecule has 0 aliphatic carbocycles. The first-order chi connectivity index (χ1) is 21.5. The molecule has 4 aromatic carbocycles. The van der Waals surface area contributed by atoms with E-state index in [-0.39, 0.29) is 11.6 Å². The molecule has 0 heterocycles. The van der Waals surface area contributed by atoms with Crippen LogP contribution in [0.15, 0.2) is 103 Å². The van der Waals surface area contributed by atoms with Crippen molar-refractivity contribution < 1.29 is 19.1 Å². The topological polar surface area (TPSA) is 64.6 Å². The van der Waals surface area contributed by atoms with Crippen LogP contribution in [0.1, 0.15) is 76.9 Å². The third-order valence-electron chi connectivity index (χ3n) is 7.17. The van der Waals surface area contributed by atoms with Gasteiger partial charge < -0.3 is 14.8 Å². The minimum atomic E-state index is -0.121. The normalized spacial score (nSPS) is 11.2. The van der Waals surface area contributed by atoms with E-state index in [2.05, 4.69) is 19.2 Å². The van der Waals surface area contributed by atoms with Gasteiger partial charge in [-0.2, -0.15) is 0 Å². The zero-order chi connectivity index (χ0) is 31.1. The molecule has 0 bridgehead atoms. The minimum absolute atomic E-state index is 0.113. The number of anilines is 2. The van der Waals surface area contributed by atoms with Gasteiger partial charge in [0.15, 0.2) is 11.6 Å². The summed E-state index contributed by atoms with van der Waals surface area (Å²) in [5, 5.41) is 3.47. The number of carbonyl (C=O) groups is 2. The molecule has 0 saturated heterocycles. The number of benzene rings is 4. The Morgan fingerprint density at radius 2 is 1.14 bits per heavy atom. The number of nitrogens with one attached hydrogen (secondary N) is 1. The Morgan fingerprint density at radius 3 is 1.64 bits per heavy atom. The number of hydrogen-bond donors (Lipinski definition) is 1. The van der Waals surface area contributed by atoms with E-state index in [1.807, 2.05) is 85.8 Å². The van der Waals surface area contributed by atoms with E-state index in [1.165, 1.54) is 0 Å². The van der Waals surface area contributed by atoms with Crippen LogP contribution in [-0.4, -0.2) is 24.8 Å². The molecule has 226 valence electrons. The average Bonchev–Trinajstić information content (AvgIpc) is 3.05. The molecule has 44 heavy (non-hydrogen) atoms. The molecule has 1 N–H and O–H groups in total. The molecule has 5 nitrogen and oxygen atoms in total. The number of aryl methyl sites for hydroxylation is 1. The Balaban J connectivity index is 1.59. The highest BCUT2D eigenvalue weighted by atomic mass is 16.5. The molecule has 0 aliphatic rings. The first kappa shape index (κ1) is 32.0. The summed E-state index contributed by atoms with van der Waals surface area (Å²) < 4.78 is 11.5. The van der Waals surface area contributed by atoms with Crippen LogP contribution in [0.25, 0.3) is 12.2 Å². The van der Waals surface area contributed by atoms with Gasteiger partial charge in [-0.05, 0) is 116 Å². The maximum Gasteiger partial charge on any atom is 0.185 e. The zero-order valence-electron chi connectivity index (χ0n) is 25.8. The van der Waals surface area contributed by atoms with Crippen LogP contribution in [0.4, 0.5) is 11.4 Å². The SMILES string of the molecule is CCCCOc1ccc(C(=O)/C=C/c2c(C)ccc(Nc3ccccc3)c2/C=C/C(=O)c2ccc(OCCCC)cc2)cc1. The fourth-order valence-corrected chi connectivity index (χ4v) is 4.54. The molecule has 0 atom stereocenters. The van der Waals surface area contributed by atoms with E-state index in [4.69, 9.17) is 9.47 Å². The maximum atomic E-state index is 13.2. The van der Waals surface area contributed by atoms with Crippen molar-refractivity contribution in [1.82, 2.24) is 0 Å². The summed E-state index contributed by atoms with van der Waals surface area (Å²) in [6.07, 6.45) is 10.9. The Morgan fingerprint density at radius 1 is 0.636 bits per heavy atom. The van der Waals surface area contributed by atoms with Gasteiger partial charge in [0.1, 0.15) is 11.5 Å². The maximum absolute atomic E-state index is 13.2. The lowest BCUT2D eigenvalue weighted by Crippen LogP contribution is -2.00. The van der Waals surface area contributed by atoms with E-state index >= 15 is 0 Å². The van der Waals surface area contributed by atoms with Gasteiger partial charge in [-0.15, -0.1) is 0 Å². The van der Waals surface area contributed by atoms with Crippen molar-refractivity contribution in [2.45, 2.75) is 46.5 Å². The molecule has 0 unspecified atom stereocenters. The van der Waals surface area contributed by atoms with Crippen LogP contribution >= 0.6 is 0 Å². The van der Waals surface area contributed by atoms with E-state index in [0.717, 1.165) is 65.2 Å². The molecule has 0 amide bonds. The Kier molecular flexibility index (Phi) is 12.1. The summed E-state index contributed by atoms with van der Waals surface area (Å²) >= 11 is 0. The van der Waals surface area contributed by atoms with Gasteiger partial charge >= 0.3 is 0 Å². The smallest absolute Gasteiger partial charge is 0.185 e. The summed E-state index contributed by atoms with van der Waals surface area (Å²) in [4.78, 5) is 26.3. The Hall–Kier alpha value is -4.90. The van der Waals surface area contributed by atoms with Crippen molar-refractivity contribution in [3.8, 4) is 11.5 Å². The van der Waals surface area contributed by atoms with Crippen LogP contribution in [0, 0.1) is 6.92 Å². The largest absolute Gasteiger partial charge is 0.494 e. The zero-order valence-corrected chi connectivity index (χ0v) is 25.8. The molecule has 0 fully saturated rings. The molecular formula is C39H41NO4. The van der Waals surface area contributed by atoms with Crippen LogP contribution in [0.2, 0.25) is 0 Å². The average molecular weight is 588 g/mol. The van der Waals surface area contributed by atoms with Gasteiger partial charge in [-0.3, -0.25) is 9.59 Å². The second kappa shape index (κ2) is 16.7. The Bertz CT molecular complexity index is 1570. The van der Waals surface area contributed by atoms with Crippen LogP contribution in [0.3, 0.4) is 0 Å². The van der Waals surface area contributed by atoms with Crippen molar-refractivity contribution in [1.29, 1.82) is 0 Å². The number of ketones is 2. The van der Waals surface area contributed by atoms with Crippen molar-refractivity contribution in [2.24, 2.45) is 0 Å². The van der Waals surface area contributed by atoms with E-state index in [0.29, 0.717) is 24.3 Å². The van der Waals surface area contributed by atoms with Crippen molar-refractivity contribution in [3.63, 3.8) is 0 Å². The van der Waals surface area contributed by atoms with Gasteiger partial charge in [0.25, 0.3) is 0 Å². The van der Waals surface area contributed by atoms with Crippen molar-refractivity contribution in [3.05, 3.63) is 131 Å². The molecule has 0 radical (unpaired) electrons. The second-order valence-corrected chi connectivity index (χ2v) is 10.6. The fraction of sp³-hybridized carbons (Fsp3) is 0.231. The van der Waals surface area contributed by atoms with Gasteiger partial charge in [-0.1, -0.05) is 57.0 Å². The fourth-order valence-electron chi connectivity index (χ4n) is 4.54. The number of para-hydroxylation sites is 1. The summed E-state index contributed by atoms with van der Waals surface area (Å²) in [6.45, 7) is 7.55. The molecule has 0 spiro atoms. The molecule has 0 aromatic heterocycles. The number of ether oxygens (including phenoxy) is 2. The second-order valence-electron chi connectivity index (χ2n) is 10.6. The number of rotatable bonds is 16. The summed E-state index contributed by atoms with van der Waals surface area (Å²) in [5.74, 6) is 1.27. The van der Waals surface area contributed by atoms with Crippen molar-refractivity contribution >= 4 is 35.1 Å². The van der Waals surface area contributed by atoms with Crippen LogP contribution < -0.4 is 14.8 Å². The first-order valence-electron chi connectivity index (χ1n) is 15.3. The van der Waals surface area contributed by atoms with Crippen molar-refractivity contribution in [2.75, 3.05) is 18.5 Å². The molecule has 4 rings (SSSR count). The van der Waals surface area contributed by atoms with Crippen LogP contribution in [-0.2, 0) is 0 Å². The van der Waals surface area contributed by atoms with Gasteiger partial charge in [0.05, 0.1) is 13.2 Å². The minimum Gasteiger partial charge on any atom is -0.494 e. The number of allylic oxidation sites excluding steroid dienone is 2. The number of hydrogen-bond acceptors (Lipinski definition) is 5. The molecule has 5 heteroatoms. The van der Waals surface area contributed by atoms with E-state index < -0.39 is 0 Å². The molecule has 0 saturated carbocycles. The lowest BCUT2D eigenvalue weighted by molar-refractivity contribution is 0.103. The molecular weight excluding hydrogens is 546 g/mol. The predicted molar refractivity (Wildman–Crippen MR) is 181 cm³/mol. The van der Waals surface area contributed by atoms with Gasteiger partial charge in [0.2, 0.25) is 0 Å². The highest BCUT2D eigenvalue weighted by Crippen LogP contribution is 2.29. The summed E-state index contributed by atoms with van der Waals surface area (Å²) in [6, 6.07) is 28.3. The van der Waals surface area contributed by atoms with E-state index in [1.54, 1.807) is 36.4 Å². The predicted octanol–water partition coefficient (Wildman–Crippen LogP) is 9.89. The monoisotopic (exact) mass is 587 g/mol. The highest BCUT2D eigenvalue weighted by molar-refractivity contribution is 6.09. The number of carbonyl (C=O) groups excluding carboxylic acids is 2. The number of unbranched alkanes of at least 4 members (excludes halogenated alkanes) is 2. The standard InChI is InChI=1S/C39H41NO4/c1-4-6-27-43-33-18-14-30(15-19-33)38(41)25-22-35-29(3)13-24-37(40-32-11-9-8-10-12-32)36(35)23-26-39(42)31-16-20-34(21-17-31)44-28-7-5-2/h8-26,40H,4-7,27-28H2,1-3H3/b25-22+,26-23+. The summed E-state index contributed by atoms with van der Waals surface area (Å²) in [5.41, 5.74) is 5.54. The van der Waals surface area contributed by atoms with E-state index in [9.17, 15) is 9.59 Å². The summed E-state index contributed by atoms with van der Waals surface area (Å²) in [7, 11) is 0. The lowest BCUT2D eigenvalue weighted by Gasteiger charge is -2.15. The Labute approximate surface area is 261 Å². The quantitative estimate of drug-likeness (QED) is 0.0803.